The van der Waals surface area contributed by atoms with Crippen molar-refractivity contribution in [2.24, 2.45) is 0 Å². The molecule has 0 radical (unpaired) electrons. The number of likely N-dealkylation sites (tertiary alicyclic amines) is 2. The van der Waals surface area contributed by atoms with E-state index in [2.05, 4.69) is 24.3 Å². The number of rotatable bonds is 10. The average Bonchev–Trinajstić information content (AvgIpc) is 3.08. The van der Waals surface area contributed by atoms with Gasteiger partial charge in [0.1, 0.15) is 0 Å². The molecule has 0 spiro atoms. The van der Waals surface area contributed by atoms with Crippen LogP contribution in [-0.2, 0) is 32.3 Å². The Kier molecular flexibility index (Phi) is 8.27. The lowest BCUT2D eigenvalue weighted by Crippen LogP contribution is -2.72. The molecule has 6 nitrogen and oxygen atoms in total. The predicted octanol–water partition coefficient (Wildman–Crippen LogP) is 6.64. The van der Waals surface area contributed by atoms with Crippen LogP contribution in [0.25, 0.3) is 0 Å². The average molecular weight is 587 g/mol. The zero-order valence-corrected chi connectivity index (χ0v) is 24.8. The van der Waals surface area contributed by atoms with Crippen LogP contribution in [0.2, 0.25) is 0 Å². The van der Waals surface area contributed by atoms with Gasteiger partial charge in [-0.1, -0.05) is 134 Å². The highest BCUT2D eigenvalue weighted by Gasteiger charge is 2.59. The molecule has 44 heavy (non-hydrogen) atoms. The largest absolute Gasteiger partial charge is 0.361 e. The van der Waals surface area contributed by atoms with E-state index < -0.39 is 12.2 Å². The summed E-state index contributed by atoms with van der Waals surface area (Å²) in [7, 11) is 0. The van der Waals surface area contributed by atoms with Crippen molar-refractivity contribution >= 4 is 11.8 Å². The Morgan fingerprint density at radius 2 is 0.841 bits per heavy atom. The van der Waals surface area contributed by atoms with E-state index in [-0.39, 0.29) is 36.0 Å². The van der Waals surface area contributed by atoms with Gasteiger partial charge in [0.25, 0.3) is 11.8 Å². The van der Waals surface area contributed by atoms with Crippen LogP contribution in [0.3, 0.4) is 0 Å². The summed E-state index contributed by atoms with van der Waals surface area (Å²) in [4.78, 5) is 32.0. The first-order chi connectivity index (χ1) is 21.7. The number of carbonyl (C=O) groups excluding carboxylic acids is 2. The molecule has 2 heterocycles. The molecule has 0 bridgehead atoms. The molecule has 4 aromatic carbocycles. The first kappa shape index (κ1) is 28.5. The third kappa shape index (κ3) is 5.44. The second-order valence-electron chi connectivity index (χ2n) is 12.1. The SMILES string of the molecule is O=C1[C@H](OCc2ccccc2)[C@H](c2ccccc2)N1C1CCCCC1N1C(=O)[C@H](OCc2ccccc2)[C@@H]1c1ccccc1. The Morgan fingerprint density at radius 1 is 0.500 bits per heavy atom. The lowest BCUT2D eigenvalue weighted by Gasteiger charge is -2.59. The minimum atomic E-state index is -0.556. The van der Waals surface area contributed by atoms with Crippen LogP contribution >= 0.6 is 0 Å². The summed E-state index contributed by atoms with van der Waals surface area (Å²) in [6.45, 7) is 0.757. The van der Waals surface area contributed by atoms with Crippen LogP contribution in [-0.4, -0.2) is 45.9 Å². The van der Waals surface area contributed by atoms with Crippen molar-refractivity contribution in [3.8, 4) is 0 Å². The van der Waals surface area contributed by atoms with Crippen LogP contribution < -0.4 is 0 Å². The van der Waals surface area contributed by atoms with Crippen LogP contribution in [0, 0.1) is 0 Å². The van der Waals surface area contributed by atoms with Crippen molar-refractivity contribution in [3.05, 3.63) is 144 Å². The quantitative estimate of drug-likeness (QED) is 0.196. The molecule has 224 valence electrons. The number of ether oxygens (including phenoxy) is 2. The highest BCUT2D eigenvalue weighted by molar-refractivity contribution is 5.91. The molecule has 2 aliphatic heterocycles. The molecule has 2 amide bonds. The minimum absolute atomic E-state index is 0.00722. The van der Waals surface area contributed by atoms with Gasteiger partial charge in [-0.25, -0.2) is 0 Å². The fraction of sp³-hybridized carbons (Fsp3) is 0.316. The Balaban J connectivity index is 1.16. The summed E-state index contributed by atoms with van der Waals surface area (Å²) >= 11 is 0. The Hall–Kier alpha value is -4.26. The van der Waals surface area contributed by atoms with E-state index in [0.29, 0.717) is 13.2 Å². The molecule has 6 atom stereocenters. The maximum Gasteiger partial charge on any atom is 0.255 e. The van der Waals surface area contributed by atoms with Crippen molar-refractivity contribution in [1.82, 2.24) is 9.80 Å². The van der Waals surface area contributed by atoms with Crippen molar-refractivity contribution in [1.29, 1.82) is 0 Å². The van der Waals surface area contributed by atoms with E-state index in [1.54, 1.807) is 0 Å². The van der Waals surface area contributed by atoms with E-state index in [9.17, 15) is 9.59 Å². The molecule has 2 unspecified atom stereocenters. The van der Waals surface area contributed by atoms with Gasteiger partial charge in [-0.3, -0.25) is 9.59 Å². The topological polar surface area (TPSA) is 59.1 Å². The summed E-state index contributed by atoms with van der Waals surface area (Å²) in [5.41, 5.74) is 4.21. The monoisotopic (exact) mass is 586 g/mol. The standard InChI is InChI=1S/C38H38N2O4/c41-37-35(43-25-27-15-5-1-6-16-27)33(29-19-9-3-10-20-29)39(37)31-23-13-14-24-32(31)40-34(30-21-11-4-12-22-30)36(38(40)42)44-26-28-17-7-2-8-18-28/h1-12,15-22,31-36H,13-14,23-26H2/t31?,32?,33-,34-,35+,36+/m0/s1. The third-order valence-corrected chi connectivity index (χ3v) is 9.40. The zero-order valence-electron chi connectivity index (χ0n) is 24.8. The van der Waals surface area contributed by atoms with Crippen LogP contribution in [0.5, 0.6) is 0 Å². The second kappa shape index (κ2) is 12.8. The predicted molar refractivity (Wildman–Crippen MR) is 168 cm³/mol. The normalized spacial score (nSPS) is 26.6. The fourth-order valence-corrected chi connectivity index (χ4v) is 7.26. The minimum Gasteiger partial charge on any atom is -0.361 e. The van der Waals surface area contributed by atoms with Crippen LogP contribution in [0.1, 0.15) is 60.0 Å². The Morgan fingerprint density at radius 3 is 1.20 bits per heavy atom. The smallest absolute Gasteiger partial charge is 0.255 e. The molecule has 2 saturated heterocycles. The van der Waals surface area contributed by atoms with E-state index in [1.165, 1.54) is 0 Å². The van der Waals surface area contributed by atoms with Crippen molar-refractivity contribution < 1.29 is 19.1 Å². The summed E-state index contributed by atoms with van der Waals surface area (Å²) in [5.74, 6) is 0.0144. The summed E-state index contributed by atoms with van der Waals surface area (Å²) in [5, 5.41) is 0. The molecule has 0 aromatic heterocycles. The van der Waals surface area contributed by atoms with Crippen molar-refractivity contribution in [2.45, 2.75) is 75.3 Å². The van der Waals surface area contributed by atoms with Gasteiger partial charge >= 0.3 is 0 Å². The maximum atomic E-state index is 14.0. The highest BCUT2D eigenvalue weighted by atomic mass is 16.5. The first-order valence-electron chi connectivity index (χ1n) is 15.8. The van der Waals surface area contributed by atoms with E-state index >= 15 is 0 Å². The highest BCUT2D eigenvalue weighted by Crippen LogP contribution is 2.48. The van der Waals surface area contributed by atoms with Gasteiger partial charge in [-0.15, -0.1) is 0 Å². The Bertz CT molecular complexity index is 1430. The molecule has 3 aliphatic rings. The Labute approximate surface area is 259 Å². The van der Waals surface area contributed by atoms with Gasteiger partial charge < -0.3 is 19.3 Å². The van der Waals surface area contributed by atoms with Crippen molar-refractivity contribution in [2.75, 3.05) is 0 Å². The second-order valence-corrected chi connectivity index (χ2v) is 12.1. The first-order valence-corrected chi connectivity index (χ1v) is 15.8. The van der Waals surface area contributed by atoms with Gasteiger partial charge in [-0.05, 0) is 35.1 Å². The van der Waals surface area contributed by atoms with Gasteiger partial charge in [0.2, 0.25) is 0 Å². The van der Waals surface area contributed by atoms with E-state index in [1.807, 2.05) is 107 Å². The molecule has 1 saturated carbocycles. The van der Waals surface area contributed by atoms with Gasteiger partial charge in [0.15, 0.2) is 12.2 Å². The number of β-lactam (4-membered cyclic amide) rings is 2. The van der Waals surface area contributed by atoms with Gasteiger partial charge in [-0.2, -0.15) is 0 Å². The lowest BCUT2D eigenvalue weighted by atomic mass is 9.78. The van der Waals surface area contributed by atoms with Gasteiger partial charge in [0.05, 0.1) is 37.4 Å². The molecule has 6 heteroatoms. The number of carbonyl (C=O) groups is 2. The van der Waals surface area contributed by atoms with Crippen LogP contribution in [0.15, 0.2) is 121 Å². The summed E-state index contributed by atoms with van der Waals surface area (Å²) in [6.07, 6.45) is 2.64. The third-order valence-electron chi connectivity index (χ3n) is 9.40. The number of hydrogen-bond acceptors (Lipinski definition) is 4. The summed E-state index contributed by atoms with van der Waals surface area (Å²) in [6, 6.07) is 39.8. The maximum absolute atomic E-state index is 14.0. The zero-order chi connectivity index (χ0) is 29.9. The van der Waals surface area contributed by atoms with E-state index in [0.717, 1.165) is 47.9 Å². The van der Waals surface area contributed by atoms with E-state index in [4.69, 9.17) is 9.47 Å². The van der Waals surface area contributed by atoms with Crippen molar-refractivity contribution in [3.63, 3.8) is 0 Å². The number of hydrogen-bond donors (Lipinski definition) is 0. The molecular formula is C38H38N2O4. The molecule has 7 rings (SSSR count). The lowest BCUT2D eigenvalue weighted by molar-refractivity contribution is -0.201. The van der Waals surface area contributed by atoms with Gasteiger partial charge in [0, 0.05) is 0 Å². The molecular weight excluding hydrogens is 548 g/mol. The number of amides is 2. The van der Waals surface area contributed by atoms with Crippen LogP contribution in [0.4, 0.5) is 0 Å². The number of benzene rings is 4. The fourth-order valence-electron chi connectivity index (χ4n) is 7.26. The molecule has 1 aliphatic carbocycles. The molecule has 3 fully saturated rings. The molecule has 4 aromatic rings. The summed E-state index contributed by atoms with van der Waals surface area (Å²) < 4.78 is 12.6. The number of nitrogens with zero attached hydrogens (tertiary/aromatic N) is 2. The molecule has 0 N–H and O–H groups in total.